The number of oxazole rings is 1. The van der Waals surface area contributed by atoms with E-state index in [1.807, 2.05) is 0 Å². The first-order valence-corrected chi connectivity index (χ1v) is 3.52. The maximum atomic E-state index is 11.0. The van der Waals surface area contributed by atoms with Crippen LogP contribution in [0.25, 0.3) is 0 Å². The van der Waals surface area contributed by atoms with E-state index in [0.29, 0.717) is 5.69 Å². The Labute approximate surface area is 68.3 Å². The Balaban J connectivity index is 2.94. The predicted octanol–water partition coefficient (Wildman–Crippen LogP) is 0.453. The van der Waals surface area contributed by atoms with Gasteiger partial charge in [-0.1, -0.05) is 0 Å². The molecule has 0 aliphatic carbocycles. The van der Waals surface area contributed by atoms with E-state index >= 15 is 0 Å². The van der Waals surface area contributed by atoms with E-state index < -0.39 is 11.7 Å². The number of hydrogen-bond donors (Lipinski definition) is 1. The minimum absolute atomic E-state index is 0.0538. The lowest BCUT2D eigenvalue weighted by atomic mass is 10.4. The van der Waals surface area contributed by atoms with Gasteiger partial charge in [0.25, 0.3) is 0 Å². The first-order valence-electron chi connectivity index (χ1n) is 3.52. The van der Waals surface area contributed by atoms with Gasteiger partial charge in [-0.3, -0.25) is 4.98 Å². The molecule has 5 heteroatoms. The third-order valence-corrected chi connectivity index (χ3v) is 1.29. The lowest BCUT2D eigenvalue weighted by Crippen LogP contribution is -2.04. The molecular formula is C7H9NO4. The quantitative estimate of drug-likeness (QED) is 0.656. The number of carbonyl (C=O) groups is 1. The van der Waals surface area contributed by atoms with Crippen molar-refractivity contribution in [1.29, 1.82) is 0 Å². The van der Waals surface area contributed by atoms with Crippen LogP contribution < -0.4 is 5.76 Å². The zero-order valence-electron chi connectivity index (χ0n) is 6.84. The molecule has 0 bridgehead atoms. The van der Waals surface area contributed by atoms with Crippen LogP contribution in [0.3, 0.4) is 0 Å². The summed E-state index contributed by atoms with van der Waals surface area (Å²) in [6, 6.07) is 0. The fourth-order valence-electron chi connectivity index (χ4n) is 0.796. The van der Waals surface area contributed by atoms with Gasteiger partial charge in [0.2, 0.25) is 5.76 Å². The molecule has 1 aromatic rings. The van der Waals surface area contributed by atoms with Gasteiger partial charge in [-0.25, -0.2) is 9.59 Å². The summed E-state index contributed by atoms with van der Waals surface area (Å²) in [5.74, 6) is -1.31. The molecule has 1 rings (SSSR count). The zero-order chi connectivity index (χ0) is 9.14. The largest absolute Gasteiger partial charge is 0.460 e. The van der Waals surface area contributed by atoms with E-state index in [-0.39, 0.29) is 12.4 Å². The normalized spacial score (nSPS) is 9.83. The van der Waals surface area contributed by atoms with Crippen LogP contribution in [0.2, 0.25) is 0 Å². The van der Waals surface area contributed by atoms with E-state index in [1.54, 1.807) is 13.8 Å². The summed E-state index contributed by atoms with van der Waals surface area (Å²) in [4.78, 5) is 23.9. The number of H-pyrrole nitrogens is 1. The highest BCUT2D eigenvalue weighted by Gasteiger charge is 2.15. The molecule has 0 amide bonds. The second-order valence-corrected chi connectivity index (χ2v) is 2.19. The smallest absolute Gasteiger partial charge is 0.417 e. The van der Waals surface area contributed by atoms with Gasteiger partial charge in [0.15, 0.2) is 0 Å². The molecule has 1 aromatic heterocycles. The van der Waals surface area contributed by atoms with Crippen LogP contribution in [-0.2, 0) is 4.74 Å². The standard InChI is InChI=1S/C7H9NO4/c1-3-11-6(9)5-4(2)8-7(10)12-5/h3H2,1-2H3,(H,8,10). The maximum absolute atomic E-state index is 11.0. The molecule has 1 N–H and O–H groups in total. The molecule has 5 nitrogen and oxygen atoms in total. The fraction of sp³-hybridized carbons (Fsp3) is 0.429. The Bertz CT molecular complexity index is 335. The predicted molar refractivity (Wildman–Crippen MR) is 40.0 cm³/mol. The molecule has 0 aromatic carbocycles. The van der Waals surface area contributed by atoms with Crippen molar-refractivity contribution in [3.63, 3.8) is 0 Å². The molecule has 0 aliphatic heterocycles. The Hall–Kier alpha value is -1.52. The molecule has 12 heavy (non-hydrogen) atoms. The van der Waals surface area contributed by atoms with Crippen molar-refractivity contribution in [3.05, 3.63) is 22.0 Å². The van der Waals surface area contributed by atoms with Crippen molar-refractivity contribution in [2.24, 2.45) is 0 Å². The van der Waals surface area contributed by atoms with E-state index in [2.05, 4.69) is 14.1 Å². The molecule has 0 saturated carbocycles. The van der Waals surface area contributed by atoms with Gasteiger partial charge in [0.1, 0.15) is 0 Å². The Morgan fingerprint density at radius 1 is 1.67 bits per heavy atom. The number of carbonyl (C=O) groups excluding carboxylic acids is 1. The number of hydrogen-bond acceptors (Lipinski definition) is 4. The monoisotopic (exact) mass is 171 g/mol. The van der Waals surface area contributed by atoms with Crippen LogP contribution >= 0.6 is 0 Å². The van der Waals surface area contributed by atoms with E-state index in [1.165, 1.54) is 0 Å². The third-order valence-electron chi connectivity index (χ3n) is 1.29. The number of nitrogens with one attached hydrogen (secondary N) is 1. The van der Waals surface area contributed by atoms with Crippen molar-refractivity contribution in [1.82, 2.24) is 4.98 Å². The lowest BCUT2D eigenvalue weighted by Gasteiger charge is -1.96. The molecule has 1 heterocycles. The molecule has 0 radical (unpaired) electrons. The van der Waals surface area contributed by atoms with Gasteiger partial charge in [-0.05, 0) is 13.8 Å². The number of rotatable bonds is 2. The number of esters is 1. The second-order valence-electron chi connectivity index (χ2n) is 2.19. The van der Waals surface area contributed by atoms with Gasteiger partial charge >= 0.3 is 11.7 Å². The molecular weight excluding hydrogens is 162 g/mol. The molecule has 0 atom stereocenters. The summed E-state index contributed by atoms with van der Waals surface area (Å²) >= 11 is 0. The summed E-state index contributed by atoms with van der Waals surface area (Å²) in [6.07, 6.45) is 0. The van der Waals surface area contributed by atoms with Crippen LogP contribution in [0.15, 0.2) is 9.21 Å². The van der Waals surface area contributed by atoms with Crippen LogP contribution in [0.4, 0.5) is 0 Å². The molecule has 0 fully saturated rings. The van der Waals surface area contributed by atoms with Crippen molar-refractivity contribution >= 4 is 5.97 Å². The fourth-order valence-corrected chi connectivity index (χ4v) is 0.796. The summed E-state index contributed by atoms with van der Waals surface area (Å²) in [5.41, 5.74) is 0.387. The highest BCUT2D eigenvalue weighted by atomic mass is 16.5. The highest BCUT2D eigenvalue weighted by molar-refractivity contribution is 5.87. The van der Waals surface area contributed by atoms with Gasteiger partial charge in [-0.2, -0.15) is 0 Å². The van der Waals surface area contributed by atoms with Crippen LogP contribution in [0.1, 0.15) is 23.2 Å². The van der Waals surface area contributed by atoms with Gasteiger partial charge in [-0.15, -0.1) is 0 Å². The van der Waals surface area contributed by atoms with Gasteiger partial charge in [0, 0.05) is 0 Å². The van der Waals surface area contributed by atoms with Crippen molar-refractivity contribution in [3.8, 4) is 0 Å². The lowest BCUT2D eigenvalue weighted by molar-refractivity contribution is 0.0487. The topological polar surface area (TPSA) is 72.3 Å². The third kappa shape index (κ3) is 1.55. The zero-order valence-corrected chi connectivity index (χ0v) is 6.84. The molecule has 0 spiro atoms. The minimum Gasteiger partial charge on any atom is -0.460 e. The summed E-state index contributed by atoms with van der Waals surface area (Å²) in [6.45, 7) is 3.50. The van der Waals surface area contributed by atoms with E-state index in [9.17, 15) is 9.59 Å². The van der Waals surface area contributed by atoms with E-state index in [0.717, 1.165) is 0 Å². The molecule has 66 valence electrons. The number of ether oxygens (including phenoxy) is 1. The number of aromatic amines is 1. The average molecular weight is 171 g/mol. The Kier molecular flexibility index (Phi) is 2.32. The molecule has 0 saturated heterocycles. The van der Waals surface area contributed by atoms with Crippen LogP contribution in [0.5, 0.6) is 0 Å². The Morgan fingerprint density at radius 3 is 2.75 bits per heavy atom. The van der Waals surface area contributed by atoms with E-state index in [4.69, 9.17) is 0 Å². The molecule has 0 aliphatic rings. The van der Waals surface area contributed by atoms with Gasteiger partial charge in [0.05, 0.1) is 12.3 Å². The molecule has 0 unspecified atom stereocenters. The maximum Gasteiger partial charge on any atom is 0.417 e. The van der Waals surface area contributed by atoms with Gasteiger partial charge < -0.3 is 9.15 Å². The van der Waals surface area contributed by atoms with Crippen LogP contribution in [-0.4, -0.2) is 17.6 Å². The van der Waals surface area contributed by atoms with Crippen molar-refractivity contribution in [2.45, 2.75) is 13.8 Å². The minimum atomic E-state index is -0.643. The summed E-state index contributed by atoms with van der Waals surface area (Å²) in [7, 11) is 0. The average Bonchev–Trinajstić information content (AvgIpc) is 2.30. The summed E-state index contributed by atoms with van der Waals surface area (Å²) < 4.78 is 9.17. The summed E-state index contributed by atoms with van der Waals surface area (Å²) in [5, 5.41) is 0. The highest BCUT2D eigenvalue weighted by Crippen LogP contribution is 2.02. The van der Waals surface area contributed by atoms with Crippen molar-refractivity contribution < 1.29 is 13.9 Å². The first kappa shape index (κ1) is 8.58. The number of aryl methyl sites for hydroxylation is 1. The van der Waals surface area contributed by atoms with Crippen LogP contribution in [0, 0.1) is 6.92 Å². The SMILES string of the molecule is CCOC(=O)c1oc(=O)[nH]c1C. The second kappa shape index (κ2) is 3.25. The number of aromatic nitrogens is 1. The Morgan fingerprint density at radius 2 is 2.33 bits per heavy atom. The van der Waals surface area contributed by atoms with Crippen molar-refractivity contribution in [2.75, 3.05) is 6.61 Å². The first-order chi connectivity index (χ1) is 5.65.